The summed E-state index contributed by atoms with van der Waals surface area (Å²) >= 11 is 0. The van der Waals surface area contributed by atoms with Crippen molar-refractivity contribution in [3.8, 4) is 0 Å². The molecule has 1 unspecified atom stereocenters. The maximum absolute atomic E-state index is 13.9. The van der Waals surface area contributed by atoms with E-state index >= 15 is 0 Å². The maximum atomic E-state index is 13.9. The molecule has 0 spiro atoms. The van der Waals surface area contributed by atoms with Crippen LogP contribution in [0.2, 0.25) is 0 Å². The molecular weight excluding hydrogens is 248 g/mol. The van der Waals surface area contributed by atoms with Crippen LogP contribution in [0.5, 0.6) is 0 Å². The fraction of sp³-hybridized carbons (Fsp3) is 0.600. The number of benzene rings is 1. The molecule has 1 N–H and O–H groups in total. The van der Waals surface area contributed by atoms with Crippen molar-refractivity contribution >= 4 is 0 Å². The third kappa shape index (κ3) is 4.55. The second kappa shape index (κ2) is 6.96. The molecule has 4 heteroatoms. The monoisotopic (exact) mass is 271 g/mol. The minimum Gasteiger partial charge on any atom is -0.379 e. The number of nitrogens with one attached hydrogen (secondary N) is 1. The molecule has 108 valence electrons. The van der Waals surface area contributed by atoms with Crippen molar-refractivity contribution < 1.29 is 13.5 Å². The van der Waals surface area contributed by atoms with Crippen molar-refractivity contribution in [1.82, 2.24) is 5.32 Å². The predicted octanol–water partition coefficient (Wildman–Crippen LogP) is 3.82. The lowest BCUT2D eigenvalue weighted by Crippen LogP contribution is -2.33. The van der Waals surface area contributed by atoms with Crippen molar-refractivity contribution in [3.63, 3.8) is 0 Å². The van der Waals surface area contributed by atoms with E-state index in [0.29, 0.717) is 13.0 Å². The first-order chi connectivity index (χ1) is 8.91. The van der Waals surface area contributed by atoms with Crippen LogP contribution in [0, 0.1) is 11.6 Å². The molecule has 1 aromatic rings. The normalized spacial score (nSPS) is 13.6. The molecule has 0 saturated heterocycles. The highest BCUT2D eigenvalue weighted by Gasteiger charge is 2.27. The van der Waals surface area contributed by atoms with Gasteiger partial charge in [-0.3, -0.25) is 0 Å². The molecule has 0 radical (unpaired) electrons. The molecule has 0 fully saturated rings. The zero-order valence-corrected chi connectivity index (χ0v) is 12.1. The van der Waals surface area contributed by atoms with Gasteiger partial charge >= 0.3 is 0 Å². The van der Waals surface area contributed by atoms with Crippen molar-refractivity contribution in [2.24, 2.45) is 0 Å². The van der Waals surface area contributed by atoms with Crippen LogP contribution in [-0.2, 0) is 4.74 Å². The van der Waals surface area contributed by atoms with Crippen molar-refractivity contribution in [1.29, 1.82) is 0 Å². The summed E-state index contributed by atoms with van der Waals surface area (Å²) in [6.45, 7) is 6.54. The lowest BCUT2D eigenvalue weighted by Gasteiger charge is -2.30. The first-order valence-electron chi connectivity index (χ1n) is 6.63. The number of hydrogen-bond donors (Lipinski definition) is 1. The van der Waals surface area contributed by atoms with Gasteiger partial charge in [0.2, 0.25) is 0 Å². The molecule has 1 aromatic carbocycles. The van der Waals surface area contributed by atoms with Gasteiger partial charge in [-0.2, -0.15) is 0 Å². The van der Waals surface area contributed by atoms with Crippen LogP contribution in [0.15, 0.2) is 18.2 Å². The maximum Gasteiger partial charge on any atom is 0.130 e. The quantitative estimate of drug-likeness (QED) is 0.814. The summed E-state index contributed by atoms with van der Waals surface area (Å²) in [5.74, 6) is -1.03. The second-order valence-electron chi connectivity index (χ2n) is 5.31. The van der Waals surface area contributed by atoms with Crippen LogP contribution in [-0.4, -0.2) is 19.3 Å². The Morgan fingerprint density at radius 2 is 1.84 bits per heavy atom. The molecule has 1 atom stereocenters. The minimum absolute atomic E-state index is 0.0982. The highest BCUT2D eigenvalue weighted by Crippen LogP contribution is 2.29. The Balaban J connectivity index is 3.02. The first kappa shape index (κ1) is 16.1. The molecule has 0 heterocycles. The average Bonchev–Trinajstić information content (AvgIpc) is 2.35. The van der Waals surface area contributed by atoms with E-state index in [4.69, 9.17) is 4.74 Å². The van der Waals surface area contributed by atoms with Crippen LogP contribution in [0.4, 0.5) is 8.78 Å². The molecule has 19 heavy (non-hydrogen) atoms. The summed E-state index contributed by atoms with van der Waals surface area (Å²) in [4.78, 5) is 0. The smallest absolute Gasteiger partial charge is 0.130 e. The van der Waals surface area contributed by atoms with Gasteiger partial charge in [0.1, 0.15) is 11.6 Å². The molecule has 0 aliphatic carbocycles. The number of hydrogen-bond acceptors (Lipinski definition) is 2. The second-order valence-corrected chi connectivity index (χ2v) is 5.31. The molecule has 0 aromatic heterocycles. The fourth-order valence-corrected chi connectivity index (χ4v) is 2.01. The fourth-order valence-electron chi connectivity index (χ4n) is 2.01. The lowest BCUT2D eigenvalue weighted by atomic mass is 9.92. The van der Waals surface area contributed by atoms with Crippen LogP contribution >= 0.6 is 0 Å². The van der Waals surface area contributed by atoms with Crippen molar-refractivity contribution in [3.05, 3.63) is 35.4 Å². The Bertz CT molecular complexity index is 387. The van der Waals surface area contributed by atoms with E-state index in [1.165, 1.54) is 18.2 Å². The Morgan fingerprint density at radius 1 is 1.26 bits per heavy atom. The van der Waals surface area contributed by atoms with Crippen LogP contribution in [0.25, 0.3) is 0 Å². The van der Waals surface area contributed by atoms with Gasteiger partial charge in [-0.05, 0) is 45.4 Å². The molecule has 1 rings (SSSR count). The lowest BCUT2D eigenvalue weighted by molar-refractivity contribution is 0.00630. The Kier molecular flexibility index (Phi) is 5.88. The summed E-state index contributed by atoms with van der Waals surface area (Å²) < 4.78 is 33.1. The van der Waals surface area contributed by atoms with E-state index in [2.05, 4.69) is 5.32 Å². The Labute approximate surface area is 114 Å². The van der Waals surface area contributed by atoms with Gasteiger partial charge < -0.3 is 10.1 Å². The average molecular weight is 271 g/mol. The van der Waals surface area contributed by atoms with E-state index in [1.54, 1.807) is 7.11 Å². The number of ether oxygens (including phenoxy) is 1. The standard InChI is InChI=1S/C15H23F2NO/c1-5-9-18-13(10-15(2,3)19-4)14-11(16)7-6-8-12(14)17/h6-8,13,18H,5,9-10H2,1-4H3. The van der Waals surface area contributed by atoms with Crippen molar-refractivity contribution in [2.45, 2.75) is 45.3 Å². The summed E-state index contributed by atoms with van der Waals surface area (Å²) in [7, 11) is 1.61. The molecule has 0 bridgehead atoms. The van der Waals surface area contributed by atoms with Crippen molar-refractivity contribution in [2.75, 3.05) is 13.7 Å². The third-order valence-electron chi connectivity index (χ3n) is 3.24. The van der Waals surface area contributed by atoms with Gasteiger partial charge in [0, 0.05) is 18.7 Å². The molecule has 0 aliphatic rings. The topological polar surface area (TPSA) is 21.3 Å². The molecule has 0 aliphatic heterocycles. The van der Waals surface area contributed by atoms with E-state index in [1.807, 2.05) is 20.8 Å². The zero-order valence-electron chi connectivity index (χ0n) is 12.1. The van der Waals surface area contributed by atoms with Crippen LogP contribution in [0.1, 0.15) is 45.2 Å². The van der Waals surface area contributed by atoms with E-state index in [9.17, 15) is 8.78 Å². The third-order valence-corrected chi connectivity index (χ3v) is 3.24. The number of methoxy groups -OCH3 is 1. The summed E-state index contributed by atoms with van der Waals surface area (Å²) in [5.41, 5.74) is -0.346. The van der Waals surface area contributed by atoms with Crippen LogP contribution in [0.3, 0.4) is 0 Å². The molecule has 0 saturated carbocycles. The van der Waals surface area contributed by atoms with E-state index in [-0.39, 0.29) is 5.56 Å². The van der Waals surface area contributed by atoms with E-state index < -0.39 is 23.3 Å². The predicted molar refractivity (Wildman–Crippen MR) is 73.1 cm³/mol. The van der Waals surface area contributed by atoms with Crippen LogP contribution < -0.4 is 5.32 Å². The first-order valence-corrected chi connectivity index (χ1v) is 6.63. The number of rotatable bonds is 7. The highest BCUT2D eigenvalue weighted by molar-refractivity contribution is 5.23. The Hall–Kier alpha value is -1.00. The number of halogens is 2. The van der Waals surface area contributed by atoms with Gasteiger partial charge in [-0.15, -0.1) is 0 Å². The van der Waals surface area contributed by atoms with E-state index in [0.717, 1.165) is 6.42 Å². The summed E-state index contributed by atoms with van der Waals surface area (Å²) in [6, 6.07) is 3.57. The molecule has 0 amide bonds. The summed E-state index contributed by atoms with van der Waals surface area (Å²) in [5, 5.41) is 3.20. The largest absolute Gasteiger partial charge is 0.379 e. The van der Waals surface area contributed by atoms with Gasteiger partial charge in [-0.1, -0.05) is 13.0 Å². The highest BCUT2D eigenvalue weighted by atomic mass is 19.1. The molecular formula is C15H23F2NO. The van der Waals surface area contributed by atoms with Gasteiger partial charge in [0.05, 0.1) is 5.60 Å². The van der Waals surface area contributed by atoms with Gasteiger partial charge in [-0.25, -0.2) is 8.78 Å². The van der Waals surface area contributed by atoms with Gasteiger partial charge in [0.25, 0.3) is 0 Å². The minimum atomic E-state index is -0.513. The Morgan fingerprint density at radius 3 is 2.32 bits per heavy atom. The zero-order chi connectivity index (χ0) is 14.5. The summed E-state index contributed by atoms with van der Waals surface area (Å²) in [6.07, 6.45) is 1.40. The molecule has 2 nitrogen and oxygen atoms in total. The van der Waals surface area contributed by atoms with Gasteiger partial charge in [0.15, 0.2) is 0 Å². The SMILES string of the molecule is CCCNC(CC(C)(C)OC)c1c(F)cccc1F.